The lowest BCUT2D eigenvalue weighted by atomic mass is 10.0. The van der Waals surface area contributed by atoms with E-state index in [4.69, 9.17) is 9.84 Å². The molecule has 1 aromatic carbocycles. The fourth-order valence-electron chi connectivity index (χ4n) is 4.78. The first kappa shape index (κ1) is 25.7. The summed E-state index contributed by atoms with van der Waals surface area (Å²) in [5, 5.41) is 11.2. The predicted molar refractivity (Wildman–Crippen MR) is 128 cm³/mol. The van der Waals surface area contributed by atoms with Gasteiger partial charge in [-0.1, -0.05) is 12.1 Å². The zero-order chi connectivity index (χ0) is 24.8. The summed E-state index contributed by atoms with van der Waals surface area (Å²) in [5.41, 5.74) is 2.53. The van der Waals surface area contributed by atoms with Gasteiger partial charge in [0.05, 0.1) is 13.2 Å². The van der Waals surface area contributed by atoms with Crippen LogP contribution in [0.5, 0.6) is 5.75 Å². The molecule has 0 bridgehead atoms. The molecule has 10 heteroatoms. The van der Waals surface area contributed by atoms with Crippen molar-refractivity contribution < 1.29 is 23.0 Å². The molecule has 0 saturated carbocycles. The van der Waals surface area contributed by atoms with Crippen LogP contribution in [0.15, 0.2) is 30.6 Å². The molecule has 2 aromatic rings. The number of anilines is 1. The van der Waals surface area contributed by atoms with Gasteiger partial charge in [0, 0.05) is 63.1 Å². The Bertz CT molecular complexity index is 957. The summed E-state index contributed by atoms with van der Waals surface area (Å²) in [7, 11) is 0. The van der Waals surface area contributed by atoms with E-state index in [9.17, 15) is 13.2 Å². The van der Waals surface area contributed by atoms with Crippen LogP contribution in [0, 0.1) is 0 Å². The summed E-state index contributed by atoms with van der Waals surface area (Å²) in [5.74, 6) is 1.47. The molecule has 4 rings (SSSR count). The highest BCUT2D eigenvalue weighted by Crippen LogP contribution is 2.32. The molecule has 2 N–H and O–H groups in total. The van der Waals surface area contributed by atoms with E-state index >= 15 is 0 Å². The molecule has 7 nitrogen and oxygen atoms in total. The zero-order valence-corrected chi connectivity index (χ0v) is 20.1. The Balaban J connectivity index is 1.30. The first-order valence-corrected chi connectivity index (χ1v) is 12.3. The van der Waals surface area contributed by atoms with Crippen molar-refractivity contribution >= 4 is 5.95 Å². The molecule has 2 aliphatic rings. The summed E-state index contributed by atoms with van der Waals surface area (Å²) in [6.45, 7) is 5.78. The number of halogens is 3. The van der Waals surface area contributed by atoms with Gasteiger partial charge in [0.1, 0.15) is 11.8 Å². The molecule has 35 heavy (non-hydrogen) atoms. The van der Waals surface area contributed by atoms with E-state index in [1.165, 1.54) is 23.5 Å². The molecule has 0 amide bonds. The van der Waals surface area contributed by atoms with Gasteiger partial charge in [0.25, 0.3) is 0 Å². The maximum atomic E-state index is 13.4. The highest BCUT2D eigenvalue weighted by molar-refractivity contribution is 5.40. The van der Waals surface area contributed by atoms with Gasteiger partial charge < -0.3 is 20.1 Å². The average molecular weight is 494 g/mol. The highest BCUT2D eigenvalue weighted by atomic mass is 19.4. The van der Waals surface area contributed by atoms with Crippen molar-refractivity contribution in [3.8, 4) is 5.75 Å². The Hall–Kier alpha value is -2.43. The quantitative estimate of drug-likeness (QED) is 0.556. The van der Waals surface area contributed by atoms with Crippen molar-refractivity contribution in [1.82, 2.24) is 20.2 Å². The molecule has 1 aromatic heterocycles. The van der Waals surface area contributed by atoms with E-state index in [-0.39, 0.29) is 18.7 Å². The molecule has 2 atom stereocenters. The number of ether oxygens (including phenoxy) is 1. The molecule has 2 aliphatic heterocycles. The van der Waals surface area contributed by atoms with E-state index in [2.05, 4.69) is 45.3 Å². The fourth-order valence-corrected chi connectivity index (χ4v) is 4.78. The average Bonchev–Trinajstić information content (AvgIpc) is 3.17. The second kappa shape index (κ2) is 11.5. The summed E-state index contributed by atoms with van der Waals surface area (Å²) < 4.78 is 45.8. The first-order chi connectivity index (χ1) is 16.8. The number of rotatable bonds is 9. The molecular formula is C25H34F3N5O2. The van der Waals surface area contributed by atoms with Gasteiger partial charge in [0.2, 0.25) is 5.95 Å². The minimum atomic E-state index is -4.49. The molecule has 3 heterocycles. The standard InChI is InChI=1S/C25H34F3N5O2/c1-18(3-4-19-5-6-20-7-14-35-22(20)15-19)32-9-2-10-33(12-11-32)24-30-16-21(17-31-24)23(25(26,27)28)29-8-13-34/h5-6,15-18,23,29,34H,2-4,7-14H2,1H3. The van der Waals surface area contributed by atoms with Crippen LogP contribution >= 0.6 is 0 Å². The summed E-state index contributed by atoms with van der Waals surface area (Å²) in [4.78, 5) is 13.0. The molecule has 0 radical (unpaired) electrons. The number of fused-ring (bicyclic) bond motifs is 1. The molecular weight excluding hydrogens is 459 g/mol. The lowest BCUT2D eigenvalue weighted by Crippen LogP contribution is -2.37. The van der Waals surface area contributed by atoms with Gasteiger partial charge in [-0.3, -0.25) is 4.90 Å². The minimum Gasteiger partial charge on any atom is -0.493 e. The van der Waals surface area contributed by atoms with Gasteiger partial charge in [-0.15, -0.1) is 0 Å². The number of aliphatic hydroxyl groups is 1. The Morgan fingerprint density at radius 3 is 2.69 bits per heavy atom. The van der Waals surface area contributed by atoms with Crippen molar-refractivity contribution in [3.05, 3.63) is 47.3 Å². The molecule has 192 valence electrons. The summed E-state index contributed by atoms with van der Waals surface area (Å²) in [6, 6.07) is 5.06. The SMILES string of the molecule is CC(CCc1ccc2c(c1)OCC2)N1CCCN(c2ncc(C(NCCO)C(F)(F)F)cn2)CC1. The summed E-state index contributed by atoms with van der Waals surface area (Å²) >= 11 is 0. The number of hydrogen-bond acceptors (Lipinski definition) is 7. The number of nitrogens with zero attached hydrogens (tertiary/aromatic N) is 4. The normalized spacial score (nSPS) is 18.6. The number of hydrogen-bond donors (Lipinski definition) is 2. The van der Waals surface area contributed by atoms with Crippen LogP contribution in [-0.2, 0) is 12.8 Å². The predicted octanol–water partition coefficient (Wildman–Crippen LogP) is 3.13. The lowest BCUT2D eigenvalue weighted by molar-refractivity contribution is -0.158. The number of benzene rings is 1. The van der Waals surface area contributed by atoms with E-state index in [1.807, 2.05) is 4.90 Å². The Morgan fingerprint density at radius 2 is 1.94 bits per heavy atom. The van der Waals surface area contributed by atoms with Crippen LogP contribution in [-0.4, -0.2) is 78.1 Å². The molecule has 0 spiro atoms. The Labute approximate surface area is 204 Å². The molecule has 1 saturated heterocycles. The largest absolute Gasteiger partial charge is 0.493 e. The maximum Gasteiger partial charge on any atom is 0.408 e. The second-order valence-electron chi connectivity index (χ2n) is 9.27. The number of aliphatic hydroxyl groups excluding tert-OH is 1. The molecule has 2 unspecified atom stereocenters. The van der Waals surface area contributed by atoms with Gasteiger partial charge in [0.15, 0.2) is 0 Å². The van der Waals surface area contributed by atoms with Crippen LogP contribution in [0.4, 0.5) is 19.1 Å². The van der Waals surface area contributed by atoms with E-state index in [1.54, 1.807) is 0 Å². The number of aromatic nitrogens is 2. The van der Waals surface area contributed by atoms with Crippen molar-refractivity contribution in [2.75, 3.05) is 50.8 Å². The van der Waals surface area contributed by atoms with Crippen LogP contribution < -0.4 is 15.0 Å². The van der Waals surface area contributed by atoms with Crippen molar-refractivity contribution in [2.45, 2.75) is 50.9 Å². The Kier molecular flexibility index (Phi) is 8.46. The van der Waals surface area contributed by atoms with Crippen LogP contribution in [0.1, 0.15) is 42.5 Å². The smallest absolute Gasteiger partial charge is 0.408 e. The van der Waals surface area contributed by atoms with Gasteiger partial charge in [-0.05, 0) is 43.4 Å². The third kappa shape index (κ3) is 6.62. The van der Waals surface area contributed by atoms with Crippen LogP contribution in [0.2, 0.25) is 0 Å². The highest BCUT2D eigenvalue weighted by Gasteiger charge is 2.41. The molecule has 0 aliphatic carbocycles. The van der Waals surface area contributed by atoms with Gasteiger partial charge in [-0.25, -0.2) is 9.97 Å². The van der Waals surface area contributed by atoms with Gasteiger partial charge in [-0.2, -0.15) is 13.2 Å². The minimum absolute atomic E-state index is 0.0586. The van der Waals surface area contributed by atoms with E-state index in [0.29, 0.717) is 12.0 Å². The Morgan fingerprint density at radius 1 is 1.14 bits per heavy atom. The van der Waals surface area contributed by atoms with Crippen LogP contribution in [0.25, 0.3) is 0 Å². The first-order valence-electron chi connectivity index (χ1n) is 12.3. The van der Waals surface area contributed by atoms with E-state index in [0.717, 1.165) is 64.2 Å². The second-order valence-corrected chi connectivity index (χ2v) is 9.27. The third-order valence-electron chi connectivity index (χ3n) is 6.83. The third-order valence-corrected chi connectivity index (χ3v) is 6.83. The number of aryl methyl sites for hydroxylation is 1. The zero-order valence-electron chi connectivity index (χ0n) is 20.1. The van der Waals surface area contributed by atoms with E-state index < -0.39 is 12.2 Å². The van der Waals surface area contributed by atoms with Crippen LogP contribution in [0.3, 0.4) is 0 Å². The monoisotopic (exact) mass is 493 g/mol. The molecule has 1 fully saturated rings. The number of alkyl halides is 3. The maximum absolute atomic E-state index is 13.4. The van der Waals surface area contributed by atoms with Gasteiger partial charge >= 0.3 is 6.18 Å². The number of nitrogens with one attached hydrogen (secondary N) is 1. The van der Waals surface area contributed by atoms with Crippen molar-refractivity contribution in [2.24, 2.45) is 0 Å². The fraction of sp³-hybridized carbons (Fsp3) is 0.600. The van der Waals surface area contributed by atoms with Crippen molar-refractivity contribution in [3.63, 3.8) is 0 Å². The summed E-state index contributed by atoms with van der Waals surface area (Å²) in [6.07, 6.45) is 1.94. The van der Waals surface area contributed by atoms with Crippen molar-refractivity contribution in [1.29, 1.82) is 0 Å². The lowest BCUT2D eigenvalue weighted by Gasteiger charge is -2.28. The topological polar surface area (TPSA) is 73.8 Å².